The normalized spacial score (nSPS) is 22.2. The van der Waals surface area contributed by atoms with Crippen LogP contribution in [-0.4, -0.2) is 23.5 Å². The molecular weight excluding hydrogens is 361 g/mol. The third-order valence-electron chi connectivity index (χ3n) is 4.50. The van der Waals surface area contributed by atoms with Crippen molar-refractivity contribution >= 4 is 29.1 Å². The highest BCUT2D eigenvalue weighted by atomic mass is 35.5. The van der Waals surface area contributed by atoms with Crippen molar-refractivity contribution in [1.29, 1.82) is 0 Å². The Bertz CT molecular complexity index is 621. The second-order valence-electron chi connectivity index (χ2n) is 6.81. The van der Waals surface area contributed by atoms with Crippen molar-refractivity contribution in [1.82, 2.24) is 5.32 Å². The molecule has 1 aliphatic rings. The molecule has 1 aromatic rings. The quantitative estimate of drug-likeness (QED) is 0.604. The third-order valence-corrected chi connectivity index (χ3v) is 5.60. The number of carbonyl (C=O) groups is 1. The summed E-state index contributed by atoms with van der Waals surface area (Å²) in [5.41, 5.74) is 0.220. The van der Waals surface area contributed by atoms with Gasteiger partial charge in [-0.3, -0.25) is 4.79 Å². The van der Waals surface area contributed by atoms with Gasteiger partial charge in [-0.25, -0.2) is 0 Å². The van der Waals surface area contributed by atoms with E-state index in [0.717, 1.165) is 24.2 Å². The summed E-state index contributed by atoms with van der Waals surface area (Å²) in [4.78, 5) is 12.5. The molecule has 0 aliphatic heterocycles. The molecule has 6 heteroatoms. The zero-order valence-electron chi connectivity index (χ0n) is 15.3. The van der Waals surface area contributed by atoms with Crippen LogP contribution in [0, 0.1) is 5.41 Å². The molecule has 4 nitrogen and oxygen atoms in total. The number of rotatable bonds is 9. The highest BCUT2D eigenvalue weighted by Gasteiger charge is 2.67. The average Bonchev–Trinajstić information content (AvgIpc) is 3.10. The lowest BCUT2D eigenvalue weighted by Crippen LogP contribution is -2.35. The van der Waals surface area contributed by atoms with Gasteiger partial charge in [0.2, 0.25) is 5.91 Å². The minimum Gasteiger partial charge on any atom is -0.490 e. The van der Waals surface area contributed by atoms with Crippen LogP contribution >= 0.6 is 23.2 Å². The Hall–Kier alpha value is -1.13. The van der Waals surface area contributed by atoms with Crippen LogP contribution in [0.3, 0.4) is 0 Å². The zero-order chi connectivity index (χ0) is 18.7. The van der Waals surface area contributed by atoms with Crippen molar-refractivity contribution in [2.45, 2.75) is 57.3 Å². The van der Waals surface area contributed by atoms with Crippen molar-refractivity contribution in [3.63, 3.8) is 0 Å². The molecule has 0 aromatic heterocycles. The number of ether oxygens (including phenoxy) is 2. The van der Waals surface area contributed by atoms with Crippen molar-refractivity contribution in [3.05, 3.63) is 23.8 Å². The second kappa shape index (κ2) is 8.05. The first kappa shape index (κ1) is 20.2. The summed E-state index contributed by atoms with van der Waals surface area (Å²) in [5.74, 6) is 1.30. The van der Waals surface area contributed by atoms with Crippen molar-refractivity contribution < 1.29 is 14.3 Å². The lowest BCUT2D eigenvalue weighted by atomic mass is 10.0. The fourth-order valence-electron chi connectivity index (χ4n) is 2.54. The minimum absolute atomic E-state index is 0.132. The van der Waals surface area contributed by atoms with Crippen molar-refractivity contribution in [2.75, 3.05) is 13.2 Å². The molecule has 1 saturated carbocycles. The lowest BCUT2D eigenvalue weighted by molar-refractivity contribution is -0.126. The molecule has 1 N–H and O–H groups in total. The SMILES string of the molecule is CCCOc1ccc(C(C)NC(=O)C2(C)CC2(Cl)Cl)cc1OCCC. The Balaban J connectivity index is 2.10. The van der Waals surface area contributed by atoms with E-state index in [2.05, 4.69) is 19.2 Å². The summed E-state index contributed by atoms with van der Waals surface area (Å²) in [5, 5.41) is 3.00. The van der Waals surface area contributed by atoms with Gasteiger partial charge in [-0.15, -0.1) is 23.2 Å². The van der Waals surface area contributed by atoms with E-state index >= 15 is 0 Å². The van der Waals surface area contributed by atoms with Crippen LogP contribution in [0.1, 0.15) is 58.6 Å². The van der Waals surface area contributed by atoms with E-state index in [1.165, 1.54) is 0 Å². The number of amides is 1. The number of alkyl halides is 2. The maximum atomic E-state index is 12.5. The molecule has 2 atom stereocenters. The molecule has 0 spiro atoms. The number of nitrogens with one attached hydrogen (secondary N) is 1. The number of benzene rings is 1. The fourth-order valence-corrected chi connectivity index (χ4v) is 3.24. The molecule has 1 aromatic carbocycles. The van der Waals surface area contributed by atoms with Crippen molar-refractivity contribution in [2.24, 2.45) is 5.41 Å². The van der Waals surface area contributed by atoms with Crippen molar-refractivity contribution in [3.8, 4) is 11.5 Å². The highest BCUT2D eigenvalue weighted by molar-refractivity contribution is 6.53. The summed E-state index contributed by atoms with van der Waals surface area (Å²) in [6.45, 7) is 9.09. The van der Waals surface area contributed by atoms with E-state index in [9.17, 15) is 4.79 Å². The summed E-state index contributed by atoms with van der Waals surface area (Å²) in [6.07, 6.45) is 2.31. The Kier molecular flexibility index (Phi) is 6.50. The van der Waals surface area contributed by atoms with Gasteiger partial charge in [-0.2, -0.15) is 0 Å². The van der Waals surface area contributed by atoms with Gasteiger partial charge < -0.3 is 14.8 Å². The average molecular weight is 388 g/mol. The van der Waals surface area contributed by atoms with Crippen LogP contribution < -0.4 is 14.8 Å². The summed E-state index contributed by atoms with van der Waals surface area (Å²) in [7, 11) is 0. The van der Waals surface area contributed by atoms with Crippen LogP contribution in [0.4, 0.5) is 0 Å². The molecule has 1 amide bonds. The Morgan fingerprint density at radius 1 is 1.20 bits per heavy atom. The van der Waals surface area contributed by atoms with Crippen LogP contribution in [0.2, 0.25) is 0 Å². The molecule has 0 heterocycles. The molecule has 2 unspecified atom stereocenters. The van der Waals surface area contributed by atoms with Crippen LogP contribution in [-0.2, 0) is 4.79 Å². The van der Waals surface area contributed by atoms with Gasteiger partial charge in [0.05, 0.1) is 24.7 Å². The van der Waals surface area contributed by atoms with Gasteiger partial charge in [0.25, 0.3) is 0 Å². The van der Waals surface area contributed by atoms with E-state index in [0.29, 0.717) is 25.4 Å². The first-order valence-corrected chi connectivity index (χ1v) is 9.59. The van der Waals surface area contributed by atoms with Crippen LogP contribution in [0.15, 0.2) is 18.2 Å². The van der Waals surface area contributed by atoms with E-state index < -0.39 is 9.75 Å². The molecular formula is C19H27Cl2NO3. The smallest absolute Gasteiger partial charge is 0.229 e. The molecule has 140 valence electrons. The number of hydrogen-bond donors (Lipinski definition) is 1. The lowest BCUT2D eigenvalue weighted by Gasteiger charge is -2.20. The van der Waals surface area contributed by atoms with Gasteiger partial charge >= 0.3 is 0 Å². The summed E-state index contributed by atoms with van der Waals surface area (Å²) < 4.78 is 10.6. The number of carbonyl (C=O) groups excluding carboxylic acids is 1. The van der Waals surface area contributed by atoms with Crippen LogP contribution in [0.25, 0.3) is 0 Å². The van der Waals surface area contributed by atoms with E-state index in [-0.39, 0.29) is 11.9 Å². The predicted molar refractivity (Wildman–Crippen MR) is 102 cm³/mol. The highest BCUT2D eigenvalue weighted by Crippen LogP contribution is 2.63. The molecule has 2 rings (SSSR count). The molecule has 1 fully saturated rings. The number of hydrogen-bond acceptors (Lipinski definition) is 3. The first-order valence-electron chi connectivity index (χ1n) is 8.83. The molecule has 1 aliphatic carbocycles. The fraction of sp³-hybridized carbons (Fsp3) is 0.632. The Labute approximate surface area is 160 Å². The minimum atomic E-state index is -0.968. The Morgan fingerprint density at radius 2 is 1.76 bits per heavy atom. The largest absolute Gasteiger partial charge is 0.490 e. The van der Waals surface area contributed by atoms with E-state index in [1.807, 2.05) is 25.1 Å². The van der Waals surface area contributed by atoms with Gasteiger partial charge in [-0.1, -0.05) is 19.9 Å². The monoisotopic (exact) mass is 387 g/mol. The predicted octanol–water partition coefficient (Wildman–Crippen LogP) is 5.03. The second-order valence-corrected chi connectivity index (χ2v) is 8.30. The molecule has 0 bridgehead atoms. The maximum Gasteiger partial charge on any atom is 0.229 e. The van der Waals surface area contributed by atoms with Gasteiger partial charge in [0, 0.05) is 0 Å². The number of halogens is 2. The standard InChI is InChI=1S/C19H27Cl2NO3/c1-5-9-24-15-8-7-14(11-16(15)25-10-6-2)13(3)22-17(23)18(4)12-19(18,20)21/h7-8,11,13H,5-6,9-10,12H2,1-4H3,(H,22,23). The maximum absolute atomic E-state index is 12.5. The third kappa shape index (κ3) is 4.53. The van der Waals surface area contributed by atoms with E-state index in [4.69, 9.17) is 32.7 Å². The molecule has 0 radical (unpaired) electrons. The van der Waals surface area contributed by atoms with E-state index in [1.54, 1.807) is 6.92 Å². The summed E-state index contributed by atoms with van der Waals surface area (Å²) >= 11 is 12.2. The summed E-state index contributed by atoms with van der Waals surface area (Å²) in [6, 6.07) is 5.58. The first-order chi connectivity index (χ1) is 11.7. The van der Waals surface area contributed by atoms with Gasteiger partial charge in [-0.05, 0) is 50.8 Å². The van der Waals surface area contributed by atoms with Crippen LogP contribution in [0.5, 0.6) is 11.5 Å². The zero-order valence-corrected chi connectivity index (χ0v) is 16.8. The molecule has 25 heavy (non-hydrogen) atoms. The molecule has 0 saturated heterocycles. The topological polar surface area (TPSA) is 47.6 Å². The van der Waals surface area contributed by atoms with Gasteiger partial charge in [0.1, 0.15) is 4.33 Å². The van der Waals surface area contributed by atoms with Gasteiger partial charge in [0.15, 0.2) is 11.5 Å². The Morgan fingerprint density at radius 3 is 2.28 bits per heavy atom.